The zero-order valence-corrected chi connectivity index (χ0v) is 6.62. The van der Waals surface area contributed by atoms with Crippen molar-refractivity contribution in [3.05, 3.63) is 0 Å². The van der Waals surface area contributed by atoms with Gasteiger partial charge < -0.3 is 4.74 Å². The monoisotopic (exact) mass is 152 g/mol. The molecule has 5 atom stereocenters. The largest absolute Gasteiger partial charge is 0.462 e. The first-order valence-corrected chi connectivity index (χ1v) is 4.48. The number of esters is 1. The number of carbonyl (C=O) groups is 1. The second-order valence-corrected chi connectivity index (χ2v) is 4.26. The highest BCUT2D eigenvalue weighted by Crippen LogP contribution is 2.56. The van der Waals surface area contributed by atoms with E-state index in [1.54, 1.807) is 0 Å². The van der Waals surface area contributed by atoms with Crippen LogP contribution < -0.4 is 0 Å². The van der Waals surface area contributed by atoms with Gasteiger partial charge in [0.1, 0.15) is 6.10 Å². The normalized spacial score (nSPS) is 58.6. The highest BCUT2D eigenvalue weighted by atomic mass is 16.6. The molecule has 0 aromatic carbocycles. The fourth-order valence-corrected chi connectivity index (χ4v) is 3.25. The predicted octanol–water partition coefficient (Wildman–Crippen LogP) is 1.20. The summed E-state index contributed by atoms with van der Waals surface area (Å²) in [6.07, 6.45) is 2.66. The molecule has 3 fully saturated rings. The van der Waals surface area contributed by atoms with Crippen LogP contribution in [0.4, 0.5) is 0 Å². The fraction of sp³-hybridized carbons (Fsp3) is 0.889. The number of hydrogen-bond acceptors (Lipinski definition) is 2. The lowest BCUT2D eigenvalue weighted by molar-refractivity contribution is -0.144. The molecule has 11 heavy (non-hydrogen) atoms. The van der Waals surface area contributed by atoms with Gasteiger partial charge in [0.25, 0.3) is 0 Å². The van der Waals surface area contributed by atoms with Crippen LogP contribution >= 0.6 is 0 Å². The Hall–Kier alpha value is -0.530. The van der Waals surface area contributed by atoms with Crippen molar-refractivity contribution in [2.75, 3.05) is 0 Å². The summed E-state index contributed by atoms with van der Waals surface area (Å²) in [5.74, 6) is 2.42. The van der Waals surface area contributed by atoms with Gasteiger partial charge in [-0.1, -0.05) is 6.92 Å². The summed E-state index contributed by atoms with van der Waals surface area (Å²) in [5.41, 5.74) is 0. The summed E-state index contributed by atoms with van der Waals surface area (Å²) < 4.78 is 5.31. The Kier molecular flexibility index (Phi) is 0.890. The maximum Gasteiger partial charge on any atom is 0.309 e. The average Bonchev–Trinajstić information content (AvgIpc) is 2.53. The van der Waals surface area contributed by atoms with Crippen LogP contribution in [-0.2, 0) is 9.53 Å². The highest BCUT2D eigenvalue weighted by molar-refractivity contribution is 5.76. The molecule has 2 heteroatoms. The Morgan fingerprint density at radius 2 is 2.27 bits per heavy atom. The van der Waals surface area contributed by atoms with Gasteiger partial charge in [0.2, 0.25) is 0 Å². The lowest BCUT2D eigenvalue weighted by Gasteiger charge is -2.20. The summed E-state index contributed by atoms with van der Waals surface area (Å²) >= 11 is 0. The number of rotatable bonds is 0. The molecular weight excluding hydrogens is 140 g/mol. The van der Waals surface area contributed by atoms with E-state index in [4.69, 9.17) is 4.74 Å². The van der Waals surface area contributed by atoms with E-state index in [9.17, 15) is 4.79 Å². The van der Waals surface area contributed by atoms with E-state index in [2.05, 4.69) is 6.92 Å². The van der Waals surface area contributed by atoms with Crippen LogP contribution in [0, 0.1) is 23.7 Å². The Balaban J connectivity index is 2.04. The maximum absolute atomic E-state index is 11.2. The van der Waals surface area contributed by atoms with E-state index in [-0.39, 0.29) is 5.97 Å². The molecule has 2 bridgehead atoms. The Labute approximate surface area is 65.9 Å². The van der Waals surface area contributed by atoms with Crippen molar-refractivity contribution in [1.29, 1.82) is 0 Å². The molecule has 1 saturated heterocycles. The van der Waals surface area contributed by atoms with Crippen LogP contribution in [0.25, 0.3) is 0 Å². The summed E-state index contributed by atoms with van der Waals surface area (Å²) in [4.78, 5) is 11.2. The second kappa shape index (κ2) is 1.62. The van der Waals surface area contributed by atoms with Crippen molar-refractivity contribution >= 4 is 5.97 Å². The molecule has 0 amide bonds. The van der Waals surface area contributed by atoms with Gasteiger partial charge in [0.15, 0.2) is 0 Å². The Morgan fingerprint density at radius 1 is 1.45 bits per heavy atom. The number of ether oxygens (including phenoxy) is 1. The molecule has 2 saturated carbocycles. The Bertz CT molecular complexity index is 224. The summed E-state index contributed by atoms with van der Waals surface area (Å²) in [5, 5.41) is 0. The molecule has 3 rings (SSSR count). The molecule has 2 aliphatic carbocycles. The molecule has 0 radical (unpaired) electrons. The SMILES string of the molecule is C[C@@H]1C2CC3C(=O)OC1C3C2. The first kappa shape index (κ1) is 6.04. The first-order chi connectivity index (χ1) is 5.27. The molecule has 0 aromatic heterocycles. The zero-order chi connectivity index (χ0) is 7.59. The van der Waals surface area contributed by atoms with Gasteiger partial charge in [-0.15, -0.1) is 0 Å². The average molecular weight is 152 g/mol. The molecule has 1 aliphatic heterocycles. The van der Waals surface area contributed by atoms with E-state index in [1.165, 1.54) is 6.42 Å². The summed E-state index contributed by atoms with van der Waals surface area (Å²) in [6, 6.07) is 0. The van der Waals surface area contributed by atoms with Crippen LogP contribution in [-0.4, -0.2) is 12.1 Å². The van der Waals surface area contributed by atoms with Crippen molar-refractivity contribution < 1.29 is 9.53 Å². The number of fused-ring (bicyclic) bond motifs is 1. The van der Waals surface area contributed by atoms with Crippen LogP contribution in [0.3, 0.4) is 0 Å². The highest BCUT2D eigenvalue weighted by Gasteiger charge is 2.59. The van der Waals surface area contributed by atoms with Crippen LogP contribution in [0.5, 0.6) is 0 Å². The van der Waals surface area contributed by atoms with Crippen molar-refractivity contribution in [2.24, 2.45) is 23.7 Å². The summed E-state index contributed by atoms with van der Waals surface area (Å²) in [7, 11) is 0. The summed E-state index contributed by atoms with van der Waals surface area (Å²) in [6.45, 7) is 2.23. The van der Waals surface area contributed by atoms with Crippen LogP contribution in [0.1, 0.15) is 19.8 Å². The maximum atomic E-state index is 11.2. The van der Waals surface area contributed by atoms with Gasteiger partial charge in [-0.25, -0.2) is 0 Å². The van der Waals surface area contributed by atoms with Gasteiger partial charge in [0, 0.05) is 5.92 Å². The van der Waals surface area contributed by atoms with Gasteiger partial charge in [-0.3, -0.25) is 4.79 Å². The molecule has 0 N–H and O–H groups in total. The minimum atomic E-state index is 0.0897. The fourth-order valence-electron chi connectivity index (χ4n) is 3.25. The van der Waals surface area contributed by atoms with Gasteiger partial charge >= 0.3 is 5.97 Å². The van der Waals surface area contributed by atoms with E-state index in [0.717, 1.165) is 12.3 Å². The van der Waals surface area contributed by atoms with Crippen molar-refractivity contribution in [1.82, 2.24) is 0 Å². The lowest BCUT2D eigenvalue weighted by Crippen LogP contribution is -2.24. The zero-order valence-electron chi connectivity index (χ0n) is 6.62. The standard InChI is InChI=1S/C9H12O2/c1-4-5-2-6-7(3-5)9(10)11-8(4)6/h4-8H,2-3H2,1H3/t4-,5?,6?,7?,8?/m1/s1. The molecule has 60 valence electrons. The van der Waals surface area contributed by atoms with Crippen LogP contribution in [0.15, 0.2) is 0 Å². The van der Waals surface area contributed by atoms with Crippen molar-refractivity contribution in [3.8, 4) is 0 Å². The van der Waals surface area contributed by atoms with Gasteiger partial charge in [-0.05, 0) is 24.7 Å². The third-order valence-corrected chi connectivity index (χ3v) is 3.89. The molecule has 2 nitrogen and oxygen atoms in total. The predicted molar refractivity (Wildman–Crippen MR) is 38.7 cm³/mol. The molecular formula is C9H12O2. The minimum Gasteiger partial charge on any atom is -0.462 e. The quantitative estimate of drug-likeness (QED) is 0.487. The van der Waals surface area contributed by atoms with E-state index >= 15 is 0 Å². The smallest absolute Gasteiger partial charge is 0.309 e. The number of carbonyl (C=O) groups excluding carboxylic acids is 1. The number of hydrogen-bond donors (Lipinski definition) is 0. The van der Waals surface area contributed by atoms with Crippen molar-refractivity contribution in [2.45, 2.75) is 25.9 Å². The molecule has 0 aromatic rings. The third-order valence-electron chi connectivity index (χ3n) is 3.89. The molecule has 4 unspecified atom stereocenters. The molecule has 1 heterocycles. The van der Waals surface area contributed by atoms with E-state index < -0.39 is 0 Å². The molecule has 3 aliphatic rings. The molecule has 0 spiro atoms. The van der Waals surface area contributed by atoms with E-state index in [1.807, 2.05) is 0 Å². The van der Waals surface area contributed by atoms with Gasteiger partial charge in [-0.2, -0.15) is 0 Å². The van der Waals surface area contributed by atoms with Crippen molar-refractivity contribution in [3.63, 3.8) is 0 Å². The van der Waals surface area contributed by atoms with Crippen LogP contribution in [0.2, 0.25) is 0 Å². The first-order valence-electron chi connectivity index (χ1n) is 4.48. The second-order valence-electron chi connectivity index (χ2n) is 4.26. The Morgan fingerprint density at radius 3 is 2.91 bits per heavy atom. The lowest BCUT2D eigenvalue weighted by atomic mass is 9.83. The van der Waals surface area contributed by atoms with E-state index in [0.29, 0.717) is 23.9 Å². The minimum absolute atomic E-state index is 0.0897. The topological polar surface area (TPSA) is 26.3 Å². The van der Waals surface area contributed by atoms with Gasteiger partial charge in [0.05, 0.1) is 5.92 Å². The third kappa shape index (κ3) is 0.534.